The Labute approximate surface area is 155 Å². The van der Waals surface area contributed by atoms with E-state index in [0.717, 1.165) is 5.56 Å². The van der Waals surface area contributed by atoms with Gasteiger partial charge in [-0.25, -0.2) is 9.18 Å². The van der Waals surface area contributed by atoms with E-state index in [1.54, 1.807) is 6.92 Å². The van der Waals surface area contributed by atoms with Gasteiger partial charge in [0.2, 0.25) is 5.91 Å². The van der Waals surface area contributed by atoms with Crippen molar-refractivity contribution >= 4 is 23.5 Å². The predicted molar refractivity (Wildman–Crippen MR) is 95.8 cm³/mol. The number of ether oxygens (including phenoxy) is 1. The summed E-state index contributed by atoms with van der Waals surface area (Å²) in [6.07, 6.45) is -0.0756. The van der Waals surface area contributed by atoms with Crippen molar-refractivity contribution in [1.82, 2.24) is 5.32 Å². The maximum Gasteiger partial charge on any atom is 0.336 e. The summed E-state index contributed by atoms with van der Waals surface area (Å²) in [5.41, 5.74) is 1.53. The zero-order valence-corrected chi connectivity index (χ0v) is 14.8. The van der Waals surface area contributed by atoms with Crippen molar-refractivity contribution in [1.29, 1.82) is 0 Å². The minimum absolute atomic E-state index is 0.0756. The molecule has 0 aliphatic carbocycles. The molecule has 0 saturated carbocycles. The number of halogens is 2. The normalized spacial score (nSPS) is 17.0. The lowest BCUT2D eigenvalue weighted by Crippen LogP contribution is -2.34. The highest BCUT2D eigenvalue weighted by molar-refractivity contribution is 6.31. The Morgan fingerprint density at radius 1 is 1.23 bits per heavy atom. The molecular formula is C20H17ClFNO3. The number of carbonyl (C=O) groups is 2. The average molecular weight is 374 g/mol. The van der Waals surface area contributed by atoms with Crippen molar-refractivity contribution in [3.63, 3.8) is 0 Å². The van der Waals surface area contributed by atoms with Crippen LogP contribution >= 0.6 is 11.6 Å². The number of hydrogen-bond acceptors (Lipinski definition) is 3. The van der Waals surface area contributed by atoms with E-state index in [1.807, 2.05) is 30.3 Å². The molecule has 0 spiro atoms. The molecule has 0 bridgehead atoms. The zero-order valence-electron chi connectivity index (χ0n) is 14.1. The van der Waals surface area contributed by atoms with Gasteiger partial charge in [-0.05, 0) is 24.6 Å². The molecule has 1 amide bonds. The predicted octanol–water partition coefficient (Wildman–Crippen LogP) is 4.10. The Morgan fingerprint density at radius 3 is 2.65 bits per heavy atom. The van der Waals surface area contributed by atoms with Crippen molar-refractivity contribution in [2.24, 2.45) is 0 Å². The van der Waals surface area contributed by atoms with Crippen LogP contribution in [0.5, 0.6) is 0 Å². The van der Waals surface area contributed by atoms with Crippen LogP contribution in [0.1, 0.15) is 30.4 Å². The molecule has 1 unspecified atom stereocenters. The highest BCUT2D eigenvalue weighted by atomic mass is 35.5. The topological polar surface area (TPSA) is 55.4 Å². The number of hydrogen-bond donors (Lipinski definition) is 1. The van der Waals surface area contributed by atoms with Crippen molar-refractivity contribution in [3.8, 4) is 0 Å². The summed E-state index contributed by atoms with van der Waals surface area (Å²) in [4.78, 5) is 24.7. The van der Waals surface area contributed by atoms with Crippen molar-refractivity contribution in [2.45, 2.75) is 25.9 Å². The van der Waals surface area contributed by atoms with E-state index in [2.05, 4.69) is 5.32 Å². The summed E-state index contributed by atoms with van der Waals surface area (Å²) in [6.45, 7) is 1.68. The van der Waals surface area contributed by atoms with E-state index in [0.29, 0.717) is 5.70 Å². The first kappa shape index (κ1) is 18.1. The highest BCUT2D eigenvalue weighted by Gasteiger charge is 2.35. The fourth-order valence-corrected chi connectivity index (χ4v) is 3.36. The summed E-state index contributed by atoms with van der Waals surface area (Å²) in [6, 6.07) is 13.5. The van der Waals surface area contributed by atoms with Gasteiger partial charge in [-0.3, -0.25) is 4.79 Å². The maximum absolute atomic E-state index is 14.4. The first-order chi connectivity index (χ1) is 12.5. The number of carbonyl (C=O) groups excluding carboxylic acids is 2. The van der Waals surface area contributed by atoms with Gasteiger partial charge < -0.3 is 10.1 Å². The number of benzene rings is 2. The van der Waals surface area contributed by atoms with Gasteiger partial charge in [0.1, 0.15) is 12.4 Å². The first-order valence-corrected chi connectivity index (χ1v) is 8.50. The van der Waals surface area contributed by atoms with E-state index in [1.165, 1.54) is 18.2 Å². The molecule has 3 rings (SSSR count). The van der Waals surface area contributed by atoms with Crippen LogP contribution < -0.4 is 5.32 Å². The fourth-order valence-electron chi connectivity index (χ4n) is 3.06. The SMILES string of the molecule is CC1=C(C(=O)OCc2ccccc2)C(c2c(F)cccc2Cl)CC(=O)N1. The van der Waals surface area contributed by atoms with Gasteiger partial charge in [0.15, 0.2) is 0 Å². The Balaban J connectivity index is 1.92. The van der Waals surface area contributed by atoms with Crippen molar-refractivity contribution in [3.05, 3.63) is 81.8 Å². The molecule has 1 N–H and O–H groups in total. The van der Waals surface area contributed by atoms with Gasteiger partial charge in [0, 0.05) is 28.6 Å². The van der Waals surface area contributed by atoms with E-state index >= 15 is 0 Å². The Bertz CT molecular complexity index is 860. The molecular weight excluding hydrogens is 357 g/mol. The van der Waals surface area contributed by atoms with Gasteiger partial charge in [0.25, 0.3) is 0 Å². The number of nitrogens with one attached hydrogen (secondary N) is 1. The number of allylic oxidation sites excluding steroid dienone is 1. The Kier molecular flexibility index (Phi) is 5.38. The van der Waals surface area contributed by atoms with Crippen LogP contribution in [0.25, 0.3) is 0 Å². The molecule has 0 saturated heterocycles. The van der Waals surface area contributed by atoms with E-state index < -0.39 is 17.7 Å². The molecule has 4 nitrogen and oxygen atoms in total. The third kappa shape index (κ3) is 3.78. The maximum atomic E-state index is 14.4. The summed E-state index contributed by atoms with van der Waals surface area (Å²) < 4.78 is 19.8. The molecule has 0 fully saturated rings. The minimum Gasteiger partial charge on any atom is -0.457 e. The van der Waals surface area contributed by atoms with Crippen LogP contribution in [0, 0.1) is 5.82 Å². The summed E-state index contributed by atoms with van der Waals surface area (Å²) in [5.74, 6) is -2.25. The molecule has 1 aliphatic heterocycles. The van der Waals surface area contributed by atoms with Gasteiger partial charge in [0.05, 0.1) is 5.57 Å². The Morgan fingerprint density at radius 2 is 1.96 bits per heavy atom. The molecule has 6 heteroatoms. The molecule has 26 heavy (non-hydrogen) atoms. The zero-order chi connectivity index (χ0) is 18.7. The first-order valence-electron chi connectivity index (χ1n) is 8.13. The largest absolute Gasteiger partial charge is 0.457 e. The standard InChI is InChI=1S/C20H17ClFNO3/c1-12-18(20(25)26-11-13-6-3-2-4-7-13)14(10-17(24)23-12)19-15(21)8-5-9-16(19)22/h2-9,14H,10-11H2,1H3,(H,23,24). The summed E-state index contributed by atoms with van der Waals surface area (Å²) >= 11 is 6.15. The van der Waals surface area contributed by atoms with Crippen LogP contribution in [-0.4, -0.2) is 11.9 Å². The Hall–Kier alpha value is -2.66. The molecule has 2 aromatic carbocycles. The molecule has 1 atom stereocenters. The van der Waals surface area contributed by atoms with Crippen LogP contribution in [0.3, 0.4) is 0 Å². The van der Waals surface area contributed by atoms with Crippen LogP contribution in [0.2, 0.25) is 5.02 Å². The monoisotopic (exact) mass is 373 g/mol. The quantitative estimate of drug-likeness (QED) is 0.821. The second kappa shape index (κ2) is 7.70. The van der Waals surface area contributed by atoms with Gasteiger partial charge in [-0.15, -0.1) is 0 Å². The number of amides is 1. The smallest absolute Gasteiger partial charge is 0.336 e. The lowest BCUT2D eigenvalue weighted by molar-refractivity contribution is -0.141. The summed E-state index contributed by atoms with van der Waals surface area (Å²) in [7, 11) is 0. The van der Waals surface area contributed by atoms with Crippen LogP contribution in [0.15, 0.2) is 59.8 Å². The molecule has 2 aromatic rings. The van der Waals surface area contributed by atoms with Gasteiger partial charge in [-0.2, -0.15) is 0 Å². The van der Waals surface area contributed by atoms with Crippen LogP contribution in [-0.2, 0) is 20.9 Å². The molecule has 134 valence electrons. The van der Waals surface area contributed by atoms with E-state index in [9.17, 15) is 14.0 Å². The number of rotatable bonds is 4. The third-order valence-electron chi connectivity index (χ3n) is 4.25. The highest BCUT2D eigenvalue weighted by Crippen LogP contribution is 2.38. The van der Waals surface area contributed by atoms with Crippen LogP contribution in [0.4, 0.5) is 4.39 Å². The summed E-state index contributed by atoms with van der Waals surface area (Å²) in [5, 5.41) is 2.79. The molecule has 1 aliphatic rings. The van der Waals surface area contributed by atoms with E-state index in [4.69, 9.17) is 16.3 Å². The lowest BCUT2D eigenvalue weighted by Gasteiger charge is -2.27. The van der Waals surface area contributed by atoms with E-state index in [-0.39, 0.29) is 35.1 Å². The molecule has 0 radical (unpaired) electrons. The second-order valence-electron chi connectivity index (χ2n) is 6.04. The van der Waals surface area contributed by atoms with Crippen molar-refractivity contribution in [2.75, 3.05) is 0 Å². The minimum atomic E-state index is -0.791. The fraction of sp³-hybridized carbons (Fsp3) is 0.200. The average Bonchev–Trinajstić information content (AvgIpc) is 2.60. The number of esters is 1. The third-order valence-corrected chi connectivity index (χ3v) is 4.58. The molecule has 1 heterocycles. The van der Waals surface area contributed by atoms with Gasteiger partial charge in [-0.1, -0.05) is 48.0 Å². The molecule has 0 aromatic heterocycles. The van der Waals surface area contributed by atoms with Gasteiger partial charge >= 0.3 is 5.97 Å². The lowest BCUT2D eigenvalue weighted by atomic mass is 9.84. The second-order valence-corrected chi connectivity index (χ2v) is 6.45. The van der Waals surface area contributed by atoms with Crippen molar-refractivity contribution < 1.29 is 18.7 Å².